The van der Waals surface area contributed by atoms with Gasteiger partial charge in [0.05, 0.1) is 0 Å². The van der Waals surface area contributed by atoms with E-state index in [4.69, 9.17) is 4.74 Å². The summed E-state index contributed by atoms with van der Waals surface area (Å²) in [6, 6.07) is 33.4. The molecule has 4 rings (SSSR count). The molecule has 1 atom stereocenters. The second kappa shape index (κ2) is 10.7. The van der Waals surface area contributed by atoms with Crippen LogP contribution in [0.1, 0.15) is 28.5 Å². The molecule has 1 N–H and O–H groups in total. The summed E-state index contributed by atoms with van der Waals surface area (Å²) in [7, 11) is 1.48. The van der Waals surface area contributed by atoms with Crippen molar-refractivity contribution < 1.29 is 9.84 Å². The van der Waals surface area contributed by atoms with Crippen LogP contribution in [0, 0.1) is 20.8 Å². The zero-order valence-corrected chi connectivity index (χ0v) is 18.7. The molecule has 2 nitrogen and oxygen atoms in total. The van der Waals surface area contributed by atoms with Crippen molar-refractivity contribution in [2.45, 2.75) is 27.1 Å². The van der Waals surface area contributed by atoms with E-state index >= 15 is 0 Å². The van der Waals surface area contributed by atoms with Crippen molar-refractivity contribution in [3.8, 4) is 22.3 Å². The maximum atomic E-state index is 9.50. The molecule has 158 valence electrons. The average Bonchev–Trinajstić information content (AvgIpc) is 2.81. The lowest BCUT2D eigenvalue weighted by molar-refractivity contribution is -0.0769. The van der Waals surface area contributed by atoms with E-state index in [2.05, 4.69) is 93.6 Å². The molecule has 2 heteroatoms. The molecule has 0 heterocycles. The highest BCUT2D eigenvalue weighted by Crippen LogP contribution is 2.23. The molecule has 0 saturated carbocycles. The molecule has 0 amide bonds. The van der Waals surface area contributed by atoms with Crippen molar-refractivity contribution in [3.05, 3.63) is 119 Å². The van der Waals surface area contributed by atoms with Crippen LogP contribution < -0.4 is 0 Å². The number of methoxy groups -OCH3 is 1. The van der Waals surface area contributed by atoms with Crippen LogP contribution in [0.15, 0.2) is 97.1 Å². The first kappa shape index (κ1) is 22.5. The van der Waals surface area contributed by atoms with E-state index in [0.717, 1.165) is 11.1 Å². The van der Waals surface area contributed by atoms with Crippen LogP contribution in [0.5, 0.6) is 0 Å². The molecule has 4 aromatic carbocycles. The average molecular weight is 411 g/mol. The van der Waals surface area contributed by atoms with Gasteiger partial charge < -0.3 is 9.84 Å². The Hall–Kier alpha value is -3.20. The number of aryl methyl sites for hydroxylation is 3. The third kappa shape index (κ3) is 6.39. The van der Waals surface area contributed by atoms with Gasteiger partial charge in [0.25, 0.3) is 0 Å². The number of benzene rings is 4. The van der Waals surface area contributed by atoms with Gasteiger partial charge in [-0.05, 0) is 43.0 Å². The first-order chi connectivity index (χ1) is 15.0. The number of aliphatic hydroxyl groups is 1. The van der Waals surface area contributed by atoms with Crippen molar-refractivity contribution in [2.75, 3.05) is 7.11 Å². The summed E-state index contributed by atoms with van der Waals surface area (Å²) in [6.07, 6.45) is -0.845. The minimum Gasteiger partial charge on any atom is -0.364 e. The van der Waals surface area contributed by atoms with Gasteiger partial charge in [-0.1, -0.05) is 114 Å². The molecule has 0 aliphatic carbocycles. The summed E-state index contributed by atoms with van der Waals surface area (Å²) in [6.45, 7) is 6.29. The maximum Gasteiger partial charge on any atom is 0.180 e. The molecule has 0 spiro atoms. The van der Waals surface area contributed by atoms with Gasteiger partial charge in [0.15, 0.2) is 6.29 Å². The van der Waals surface area contributed by atoms with Crippen molar-refractivity contribution in [2.24, 2.45) is 0 Å². The number of aliphatic hydroxyl groups excluding tert-OH is 1. The zero-order chi connectivity index (χ0) is 22.2. The summed E-state index contributed by atoms with van der Waals surface area (Å²) < 4.78 is 4.85. The van der Waals surface area contributed by atoms with Crippen LogP contribution in [0.3, 0.4) is 0 Å². The molecule has 0 aliphatic rings. The van der Waals surface area contributed by atoms with Crippen LogP contribution in [-0.2, 0) is 4.74 Å². The number of ether oxygens (including phenoxy) is 1. The fourth-order valence-corrected chi connectivity index (χ4v) is 3.21. The Labute approximate surface area is 185 Å². The smallest absolute Gasteiger partial charge is 0.180 e. The van der Waals surface area contributed by atoms with Crippen LogP contribution in [0.2, 0.25) is 0 Å². The first-order valence-corrected chi connectivity index (χ1v) is 10.5. The molecule has 31 heavy (non-hydrogen) atoms. The lowest BCUT2D eigenvalue weighted by atomic mass is 10.0. The summed E-state index contributed by atoms with van der Waals surface area (Å²) in [5.41, 5.74) is 9.52. The zero-order valence-electron chi connectivity index (χ0n) is 18.7. The fourth-order valence-electron chi connectivity index (χ4n) is 3.21. The Morgan fingerprint density at radius 3 is 1.00 bits per heavy atom. The number of rotatable bonds is 4. The highest BCUT2D eigenvalue weighted by molar-refractivity contribution is 5.64. The molecule has 0 aromatic heterocycles. The molecule has 0 radical (unpaired) electrons. The molecule has 4 aromatic rings. The normalized spacial score (nSPS) is 11.4. The summed E-state index contributed by atoms with van der Waals surface area (Å²) >= 11 is 0. The maximum absolute atomic E-state index is 9.50. The van der Waals surface area contributed by atoms with Crippen molar-refractivity contribution in [1.82, 2.24) is 0 Å². The van der Waals surface area contributed by atoms with Crippen molar-refractivity contribution >= 4 is 0 Å². The van der Waals surface area contributed by atoms with E-state index in [-0.39, 0.29) is 0 Å². The highest BCUT2D eigenvalue weighted by Gasteiger charge is 2.05. The van der Waals surface area contributed by atoms with Crippen LogP contribution in [0.25, 0.3) is 22.3 Å². The predicted molar refractivity (Wildman–Crippen MR) is 130 cm³/mol. The number of hydrogen-bond donors (Lipinski definition) is 1. The lowest BCUT2D eigenvalue weighted by Crippen LogP contribution is -1.98. The minimum atomic E-state index is -0.845. The minimum absolute atomic E-state index is 0.767. The molecule has 0 saturated heterocycles. The second-order valence-electron chi connectivity index (χ2n) is 7.81. The molecular weight excluding hydrogens is 380 g/mol. The van der Waals surface area contributed by atoms with Crippen LogP contribution in [0.4, 0.5) is 0 Å². The Bertz CT molecular complexity index is 1020. The molecule has 0 bridgehead atoms. The van der Waals surface area contributed by atoms with Gasteiger partial charge in [0, 0.05) is 12.7 Å². The first-order valence-electron chi connectivity index (χ1n) is 10.5. The lowest BCUT2D eigenvalue weighted by Gasteiger charge is -2.09. The summed E-state index contributed by atoms with van der Waals surface area (Å²) in [5, 5.41) is 9.50. The third-order valence-corrected chi connectivity index (χ3v) is 5.24. The van der Waals surface area contributed by atoms with E-state index in [0.29, 0.717) is 0 Å². The van der Waals surface area contributed by atoms with E-state index < -0.39 is 6.29 Å². The van der Waals surface area contributed by atoms with Crippen LogP contribution in [-0.4, -0.2) is 12.2 Å². The highest BCUT2D eigenvalue weighted by atomic mass is 16.6. The van der Waals surface area contributed by atoms with Crippen molar-refractivity contribution in [3.63, 3.8) is 0 Å². The molecular formula is C29H30O2. The Kier molecular flexibility index (Phi) is 7.77. The third-order valence-electron chi connectivity index (χ3n) is 5.24. The Morgan fingerprint density at radius 1 is 0.484 bits per heavy atom. The monoisotopic (exact) mass is 410 g/mol. The van der Waals surface area contributed by atoms with Gasteiger partial charge in [0.1, 0.15) is 0 Å². The van der Waals surface area contributed by atoms with E-state index in [1.165, 1.54) is 40.5 Å². The van der Waals surface area contributed by atoms with E-state index in [1.54, 1.807) is 0 Å². The Morgan fingerprint density at radius 2 is 0.742 bits per heavy atom. The molecule has 0 fully saturated rings. The standard InChI is InChI=1S/C15H16O2.C14H14/c1-11-3-5-12(6-4-11)13-7-9-14(10-8-13)15(16)17-2;1-11-3-7-13(8-4-11)14-9-5-12(2)6-10-14/h3-10,15-16H,1-2H3;3-10H,1-2H3. The van der Waals surface area contributed by atoms with Gasteiger partial charge in [-0.2, -0.15) is 0 Å². The summed E-state index contributed by atoms with van der Waals surface area (Å²) in [5.74, 6) is 0. The van der Waals surface area contributed by atoms with Gasteiger partial charge in [-0.15, -0.1) is 0 Å². The SMILES string of the molecule is COC(O)c1ccc(-c2ccc(C)cc2)cc1.Cc1ccc(-c2ccc(C)cc2)cc1. The fraction of sp³-hybridized carbons (Fsp3) is 0.172. The van der Waals surface area contributed by atoms with Crippen molar-refractivity contribution in [1.29, 1.82) is 0 Å². The predicted octanol–water partition coefficient (Wildman–Crippen LogP) is 7.27. The quantitative estimate of drug-likeness (QED) is 0.358. The second-order valence-corrected chi connectivity index (χ2v) is 7.81. The van der Waals surface area contributed by atoms with E-state index in [9.17, 15) is 5.11 Å². The number of hydrogen-bond acceptors (Lipinski definition) is 2. The molecule has 0 aliphatic heterocycles. The van der Waals surface area contributed by atoms with Gasteiger partial charge in [0.2, 0.25) is 0 Å². The summed E-state index contributed by atoms with van der Waals surface area (Å²) in [4.78, 5) is 0. The van der Waals surface area contributed by atoms with Gasteiger partial charge in [-0.25, -0.2) is 0 Å². The molecule has 1 unspecified atom stereocenters. The Balaban J connectivity index is 0.000000179. The van der Waals surface area contributed by atoms with Gasteiger partial charge in [-0.3, -0.25) is 0 Å². The largest absolute Gasteiger partial charge is 0.364 e. The van der Waals surface area contributed by atoms with E-state index in [1.807, 2.05) is 24.3 Å². The van der Waals surface area contributed by atoms with Crippen LogP contribution >= 0.6 is 0 Å². The topological polar surface area (TPSA) is 29.5 Å². The van der Waals surface area contributed by atoms with Gasteiger partial charge >= 0.3 is 0 Å².